The Morgan fingerprint density at radius 1 is 1.09 bits per heavy atom. The van der Waals surface area contributed by atoms with Crippen molar-refractivity contribution in [3.05, 3.63) is 48.0 Å². The van der Waals surface area contributed by atoms with Crippen molar-refractivity contribution < 1.29 is 29.4 Å². The summed E-state index contributed by atoms with van der Waals surface area (Å²) in [5.41, 5.74) is 7.27. The highest BCUT2D eigenvalue weighted by molar-refractivity contribution is 7.98. The number of carboxylic acid groups (broad SMARTS) is 1. The molecule has 3 atom stereocenters. The van der Waals surface area contributed by atoms with Crippen LogP contribution in [0, 0.1) is 0 Å². The lowest BCUT2D eigenvalue weighted by Crippen LogP contribution is -2.54. The zero-order valence-electron chi connectivity index (χ0n) is 19.2. The van der Waals surface area contributed by atoms with Gasteiger partial charge in [-0.3, -0.25) is 14.4 Å². The van der Waals surface area contributed by atoms with Crippen molar-refractivity contribution in [1.82, 2.24) is 25.9 Å². The largest absolute Gasteiger partial charge is 0.508 e. The van der Waals surface area contributed by atoms with E-state index in [-0.39, 0.29) is 25.0 Å². The molecule has 2 rings (SSSR count). The lowest BCUT2D eigenvalue weighted by molar-refractivity contribution is -0.141. The molecule has 0 saturated heterocycles. The number of aromatic amines is 1. The molecule has 0 fully saturated rings. The van der Waals surface area contributed by atoms with Crippen LogP contribution >= 0.6 is 11.8 Å². The number of nitrogens with one attached hydrogen (secondary N) is 4. The first kappa shape index (κ1) is 27.7. The predicted molar refractivity (Wildman–Crippen MR) is 130 cm³/mol. The topological polar surface area (TPSA) is 200 Å². The molecule has 0 aliphatic heterocycles. The Morgan fingerprint density at radius 2 is 1.80 bits per heavy atom. The lowest BCUT2D eigenvalue weighted by Gasteiger charge is -2.21. The molecule has 12 nitrogen and oxygen atoms in total. The van der Waals surface area contributed by atoms with Crippen molar-refractivity contribution in [1.29, 1.82) is 0 Å². The molecule has 0 aliphatic carbocycles. The number of rotatable bonds is 14. The molecule has 3 unspecified atom stereocenters. The van der Waals surface area contributed by atoms with Gasteiger partial charge in [0.15, 0.2) is 0 Å². The van der Waals surface area contributed by atoms with Crippen molar-refractivity contribution in [2.75, 3.05) is 18.6 Å². The van der Waals surface area contributed by atoms with E-state index in [1.807, 2.05) is 6.26 Å². The summed E-state index contributed by atoms with van der Waals surface area (Å²) in [6.07, 6.45) is 5.31. The molecule has 8 N–H and O–H groups in total. The molecule has 2 aromatic rings. The van der Waals surface area contributed by atoms with Gasteiger partial charge in [-0.25, -0.2) is 9.78 Å². The number of nitrogens with two attached hydrogens (primary N) is 1. The highest BCUT2D eigenvalue weighted by Gasteiger charge is 2.26. The second-order valence-electron chi connectivity index (χ2n) is 7.78. The number of benzene rings is 1. The maximum atomic E-state index is 12.9. The molecular weight excluding hydrogens is 476 g/mol. The van der Waals surface area contributed by atoms with Gasteiger partial charge in [-0.2, -0.15) is 11.8 Å². The van der Waals surface area contributed by atoms with Gasteiger partial charge in [-0.1, -0.05) is 12.1 Å². The van der Waals surface area contributed by atoms with Gasteiger partial charge >= 0.3 is 5.97 Å². The monoisotopic (exact) mass is 506 g/mol. The first-order valence-electron chi connectivity index (χ1n) is 10.8. The summed E-state index contributed by atoms with van der Waals surface area (Å²) in [5.74, 6) is -2.47. The summed E-state index contributed by atoms with van der Waals surface area (Å²) >= 11 is 1.45. The number of aromatic hydroxyl groups is 1. The number of imidazole rings is 1. The van der Waals surface area contributed by atoms with Crippen molar-refractivity contribution in [2.24, 2.45) is 5.73 Å². The number of aromatic nitrogens is 2. The Bertz CT molecular complexity index is 985. The number of carbonyl (C=O) groups is 4. The molecule has 190 valence electrons. The van der Waals surface area contributed by atoms with E-state index >= 15 is 0 Å². The number of H-pyrrole nitrogens is 1. The predicted octanol–water partition coefficient (Wildman–Crippen LogP) is -0.849. The molecule has 0 saturated carbocycles. The van der Waals surface area contributed by atoms with Crippen LogP contribution in [0.15, 0.2) is 36.8 Å². The van der Waals surface area contributed by atoms with Crippen LogP contribution in [0.3, 0.4) is 0 Å². The number of carbonyl (C=O) groups excluding carboxylic acids is 3. The van der Waals surface area contributed by atoms with Crippen molar-refractivity contribution >= 4 is 35.5 Å². The summed E-state index contributed by atoms with van der Waals surface area (Å²) in [4.78, 5) is 55.8. The van der Waals surface area contributed by atoms with Crippen LogP contribution in [0.2, 0.25) is 0 Å². The molecular formula is C22H30N6O6S. The molecule has 0 aliphatic rings. The number of amides is 3. The number of phenols is 1. The van der Waals surface area contributed by atoms with Gasteiger partial charge in [0.1, 0.15) is 17.8 Å². The average Bonchev–Trinajstić information content (AvgIpc) is 3.33. The van der Waals surface area contributed by atoms with E-state index < -0.39 is 48.4 Å². The highest BCUT2D eigenvalue weighted by Crippen LogP contribution is 2.12. The summed E-state index contributed by atoms with van der Waals surface area (Å²) in [7, 11) is 0. The summed E-state index contributed by atoms with van der Waals surface area (Å²) in [6, 6.07) is 3.00. The summed E-state index contributed by atoms with van der Waals surface area (Å²) < 4.78 is 0. The number of thioether (sulfide) groups is 1. The maximum absolute atomic E-state index is 12.9. The lowest BCUT2D eigenvalue weighted by atomic mass is 10.0. The average molecular weight is 507 g/mol. The number of phenolic OH excluding ortho intramolecular Hbond substituents is 1. The van der Waals surface area contributed by atoms with Gasteiger partial charge in [0.2, 0.25) is 17.7 Å². The molecule has 0 spiro atoms. The fourth-order valence-corrected chi connectivity index (χ4v) is 3.58. The molecule has 0 bridgehead atoms. The van der Waals surface area contributed by atoms with E-state index in [1.54, 1.807) is 12.1 Å². The Hall–Kier alpha value is -3.58. The molecule has 35 heavy (non-hydrogen) atoms. The van der Waals surface area contributed by atoms with Crippen LogP contribution in [0.4, 0.5) is 0 Å². The minimum atomic E-state index is -1.16. The fraction of sp³-hybridized carbons (Fsp3) is 0.409. The van der Waals surface area contributed by atoms with E-state index in [1.165, 1.54) is 36.4 Å². The van der Waals surface area contributed by atoms with Gasteiger partial charge in [0, 0.05) is 24.7 Å². The summed E-state index contributed by atoms with van der Waals surface area (Å²) in [6.45, 7) is -0.468. The van der Waals surface area contributed by atoms with Crippen molar-refractivity contribution in [2.45, 2.75) is 37.4 Å². The zero-order chi connectivity index (χ0) is 25.8. The Morgan fingerprint density at radius 3 is 2.40 bits per heavy atom. The number of hydrogen-bond acceptors (Lipinski definition) is 8. The first-order valence-corrected chi connectivity index (χ1v) is 12.2. The highest BCUT2D eigenvalue weighted by atomic mass is 32.2. The second kappa shape index (κ2) is 14.0. The van der Waals surface area contributed by atoms with E-state index in [4.69, 9.17) is 5.73 Å². The molecule has 0 radical (unpaired) electrons. The van der Waals surface area contributed by atoms with Gasteiger partial charge in [0.25, 0.3) is 0 Å². The standard InChI is InChI=1S/C22H30N6O6S/c1-35-7-6-17(22(33)34)27-19(30)11-25-21(32)18(8-13-2-4-15(29)5-3-13)28-20(31)16(23)9-14-10-24-12-26-14/h2-5,10,12,16-18,29H,6-9,11,23H2,1H3,(H,24,26)(H,25,32)(H,27,30)(H,28,31)(H,33,34). The normalized spacial score (nSPS) is 13.3. The van der Waals surface area contributed by atoms with Crippen LogP contribution in [0.25, 0.3) is 0 Å². The van der Waals surface area contributed by atoms with Crippen molar-refractivity contribution in [3.63, 3.8) is 0 Å². The summed E-state index contributed by atoms with van der Waals surface area (Å²) in [5, 5.41) is 26.1. The van der Waals surface area contributed by atoms with Crippen LogP contribution in [-0.4, -0.2) is 80.6 Å². The zero-order valence-corrected chi connectivity index (χ0v) is 20.0. The third kappa shape index (κ3) is 9.66. The van der Waals surface area contributed by atoms with Crippen LogP contribution in [-0.2, 0) is 32.0 Å². The Balaban J connectivity index is 2.01. The van der Waals surface area contributed by atoms with Crippen LogP contribution in [0.5, 0.6) is 5.75 Å². The molecule has 1 heterocycles. The van der Waals surface area contributed by atoms with E-state index in [0.717, 1.165) is 0 Å². The van der Waals surface area contributed by atoms with Gasteiger partial charge in [-0.05, 0) is 36.1 Å². The van der Waals surface area contributed by atoms with Gasteiger partial charge in [0.05, 0.1) is 18.9 Å². The van der Waals surface area contributed by atoms with E-state index in [2.05, 4.69) is 25.9 Å². The minimum Gasteiger partial charge on any atom is -0.508 e. The SMILES string of the molecule is CSCCC(NC(=O)CNC(=O)C(Cc1ccc(O)cc1)NC(=O)C(N)Cc1cnc[nH]1)C(=O)O. The van der Waals surface area contributed by atoms with Gasteiger partial charge < -0.3 is 36.9 Å². The number of nitrogens with zero attached hydrogens (tertiary/aromatic N) is 1. The number of aliphatic carboxylic acids is 1. The second-order valence-corrected chi connectivity index (χ2v) is 8.76. The molecule has 1 aromatic heterocycles. The third-order valence-corrected chi connectivity index (χ3v) is 5.65. The Kier molecular flexibility index (Phi) is 11.0. The quantitative estimate of drug-likeness (QED) is 0.170. The number of carboxylic acids is 1. The maximum Gasteiger partial charge on any atom is 0.326 e. The molecule has 3 amide bonds. The molecule has 1 aromatic carbocycles. The van der Waals surface area contributed by atoms with Crippen LogP contribution < -0.4 is 21.7 Å². The fourth-order valence-electron chi connectivity index (χ4n) is 3.11. The Labute approximate surface area is 206 Å². The third-order valence-electron chi connectivity index (χ3n) is 5.01. The molecule has 13 heteroatoms. The van der Waals surface area contributed by atoms with E-state index in [9.17, 15) is 29.4 Å². The first-order chi connectivity index (χ1) is 16.7. The van der Waals surface area contributed by atoms with Crippen molar-refractivity contribution in [3.8, 4) is 5.75 Å². The van der Waals surface area contributed by atoms with Crippen LogP contribution in [0.1, 0.15) is 17.7 Å². The minimum absolute atomic E-state index is 0.0477. The van der Waals surface area contributed by atoms with Gasteiger partial charge in [-0.15, -0.1) is 0 Å². The smallest absolute Gasteiger partial charge is 0.326 e. The van der Waals surface area contributed by atoms with E-state index in [0.29, 0.717) is 17.0 Å². The number of hydrogen-bond donors (Lipinski definition) is 7.